The van der Waals surface area contributed by atoms with Crippen LogP contribution in [0.5, 0.6) is 0 Å². The molecule has 0 atom stereocenters. The molecule has 4 nitrogen and oxygen atoms in total. The Morgan fingerprint density at radius 3 is 2.82 bits per heavy atom. The summed E-state index contributed by atoms with van der Waals surface area (Å²) in [7, 11) is 0. The number of amides is 1. The van der Waals surface area contributed by atoms with Gasteiger partial charge in [0.2, 0.25) is 0 Å². The highest BCUT2D eigenvalue weighted by Crippen LogP contribution is 1.83. The van der Waals surface area contributed by atoms with Gasteiger partial charge in [-0.15, -0.1) is 6.42 Å². The summed E-state index contributed by atoms with van der Waals surface area (Å²) in [6.45, 7) is 3.51. The van der Waals surface area contributed by atoms with E-state index in [1.54, 1.807) is 13.8 Å². The molecule has 0 aromatic heterocycles. The summed E-state index contributed by atoms with van der Waals surface area (Å²) in [6.07, 6.45) is 4.09. The molecule has 1 amide bonds. The molecule has 0 aromatic rings. The molecule has 0 fully saturated rings. The average molecular weight is 157 g/mol. The first-order valence-corrected chi connectivity index (χ1v) is 3.18. The van der Waals surface area contributed by atoms with Crippen molar-refractivity contribution >= 4 is 6.09 Å². The monoisotopic (exact) mass is 157 g/mol. The number of terminal acetylenes is 1. The number of ether oxygens (including phenoxy) is 1. The van der Waals surface area contributed by atoms with Gasteiger partial charge in [-0.05, 0) is 13.8 Å². The Morgan fingerprint density at radius 1 is 1.73 bits per heavy atom. The van der Waals surface area contributed by atoms with Gasteiger partial charge in [0.1, 0.15) is 0 Å². The van der Waals surface area contributed by atoms with Gasteiger partial charge < -0.3 is 4.74 Å². The standard InChI is InChI=1S/C7H11NO3/c1-4-5-10-7(9)8-11-6(2)3/h1,6H,5H2,2-3H3,(H,8,9). The van der Waals surface area contributed by atoms with Crippen LogP contribution in [-0.4, -0.2) is 18.8 Å². The van der Waals surface area contributed by atoms with Crippen molar-refractivity contribution in [3.63, 3.8) is 0 Å². The van der Waals surface area contributed by atoms with Gasteiger partial charge in [0.05, 0.1) is 6.10 Å². The summed E-state index contributed by atoms with van der Waals surface area (Å²) in [5.74, 6) is 2.15. The zero-order chi connectivity index (χ0) is 8.69. The third kappa shape index (κ3) is 6.68. The van der Waals surface area contributed by atoms with Crippen molar-refractivity contribution in [3.05, 3.63) is 0 Å². The van der Waals surface area contributed by atoms with Crippen LogP contribution >= 0.6 is 0 Å². The van der Waals surface area contributed by atoms with Crippen LogP contribution < -0.4 is 5.48 Å². The van der Waals surface area contributed by atoms with Gasteiger partial charge in [-0.1, -0.05) is 5.92 Å². The summed E-state index contributed by atoms with van der Waals surface area (Å²) in [4.78, 5) is 15.3. The lowest BCUT2D eigenvalue weighted by Crippen LogP contribution is -2.27. The molecule has 0 unspecified atom stereocenters. The van der Waals surface area contributed by atoms with E-state index in [2.05, 4.69) is 16.1 Å². The van der Waals surface area contributed by atoms with E-state index in [0.717, 1.165) is 0 Å². The molecule has 0 aliphatic rings. The Kier molecular flexibility index (Phi) is 4.95. The van der Waals surface area contributed by atoms with E-state index in [1.807, 2.05) is 0 Å². The fraction of sp³-hybridized carbons (Fsp3) is 0.571. The number of carbonyl (C=O) groups is 1. The molecule has 0 spiro atoms. The zero-order valence-corrected chi connectivity index (χ0v) is 6.59. The highest BCUT2D eigenvalue weighted by molar-refractivity contribution is 5.65. The lowest BCUT2D eigenvalue weighted by atomic mass is 10.5. The normalized spacial score (nSPS) is 8.91. The summed E-state index contributed by atoms with van der Waals surface area (Å²) < 4.78 is 4.43. The molecular formula is C7H11NO3. The molecule has 4 heteroatoms. The maximum absolute atomic E-state index is 10.6. The summed E-state index contributed by atoms with van der Waals surface area (Å²) in [6, 6.07) is 0. The largest absolute Gasteiger partial charge is 0.435 e. The van der Waals surface area contributed by atoms with Gasteiger partial charge in [0, 0.05) is 0 Å². The van der Waals surface area contributed by atoms with Gasteiger partial charge in [-0.2, -0.15) is 5.48 Å². The number of hydrogen-bond acceptors (Lipinski definition) is 3. The lowest BCUT2D eigenvalue weighted by Gasteiger charge is -2.06. The van der Waals surface area contributed by atoms with Crippen molar-refractivity contribution in [1.82, 2.24) is 5.48 Å². The van der Waals surface area contributed by atoms with Crippen molar-refractivity contribution in [1.29, 1.82) is 0 Å². The maximum atomic E-state index is 10.6. The Balaban J connectivity index is 3.32. The van der Waals surface area contributed by atoms with Crippen LogP contribution in [0, 0.1) is 12.3 Å². The van der Waals surface area contributed by atoms with Crippen LogP contribution in [0.1, 0.15) is 13.8 Å². The van der Waals surface area contributed by atoms with Crippen molar-refractivity contribution < 1.29 is 14.4 Å². The number of hydroxylamine groups is 1. The topological polar surface area (TPSA) is 47.6 Å². The molecule has 0 saturated heterocycles. The van der Waals surface area contributed by atoms with E-state index in [0.29, 0.717) is 0 Å². The Labute approximate surface area is 65.8 Å². The molecule has 1 N–H and O–H groups in total. The maximum Gasteiger partial charge on any atom is 0.432 e. The third-order valence-electron chi connectivity index (χ3n) is 0.665. The van der Waals surface area contributed by atoms with Crippen LogP contribution in [-0.2, 0) is 9.57 Å². The Bertz CT molecular complexity index is 160. The minimum Gasteiger partial charge on any atom is -0.435 e. The summed E-state index contributed by atoms with van der Waals surface area (Å²) in [5.41, 5.74) is 2.06. The first kappa shape index (κ1) is 9.79. The Hall–Kier alpha value is -1.21. The van der Waals surface area contributed by atoms with Crippen LogP contribution in [0.2, 0.25) is 0 Å². The zero-order valence-electron chi connectivity index (χ0n) is 6.59. The first-order chi connectivity index (χ1) is 5.16. The minimum absolute atomic E-state index is 0.0483. The van der Waals surface area contributed by atoms with E-state index < -0.39 is 6.09 Å². The van der Waals surface area contributed by atoms with Crippen molar-refractivity contribution in [2.24, 2.45) is 0 Å². The first-order valence-electron chi connectivity index (χ1n) is 3.18. The van der Waals surface area contributed by atoms with Crippen LogP contribution in [0.3, 0.4) is 0 Å². The highest BCUT2D eigenvalue weighted by atomic mass is 16.7. The van der Waals surface area contributed by atoms with E-state index in [4.69, 9.17) is 11.3 Å². The second-order valence-electron chi connectivity index (χ2n) is 2.05. The quantitative estimate of drug-likeness (QED) is 0.484. The van der Waals surface area contributed by atoms with Gasteiger partial charge in [0.25, 0.3) is 0 Å². The average Bonchev–Trinajstić information content (AvgIpc) is 1.97. The Morgan fingerprint density at radius 2 is 2.36 bits per heavy atom. The molecule has 0 aromatic carbocycles. The van der Waals surface area contributed by atoms with Crippen molar-refractivity contribution in [2.75, 3.05) is 6.61 Å². The second kappa shape index (κ2) is 5.57. The van der Waals surface area contributed by atoms with Crippen LogP contribution in [0.15, 0.2) is 0 Å². The lowest BCUT2D eigenvalue weighted by molar-refractivity contribution is -0.00436. The van der Waals surface area contributed by atoms with Crippen molar-refractivity contribution in [2.45, 2.75) is 20.0 Å². The number of hydrogen-bond donors (Lipinski definition) is 1. The second-order valence-corrected chi connectivity index (χ2v) is 2.05. The van der Waals surface area contributed by atoms with Crippen LogP contribution in [0.4, 0.5) is 4.79 Å². The van der Waals surface area contributed by atoms with Crippen LogP contribution in [0.25, 0.3) is 0 Å². The molecular weight excluding hydrogens is 146 g/mol. The smallest absolute Gasteiger partial charge is 0.432 e. The van der Waals surface area contributed by atoms with E-state index >= 15 is 0 Å². The molecule has 62 valence electrons. The number of nitrogens with one attached hydrogen (secondary N) is 1. The van der Waals surface area contributed by atoms with Gasteiger partial charge >= 0.3 is 6.09 Å². The van der Waals surface area contributed by atoms with Gasteiger partial charge in [0.15, 0.2) is 6.61 Å². The predicted octanol–water partition coefficient (Wildman–Crippen LogP) is 0.686. The minimum atomic E-state index is -0.670. The fourth-order valence-electron chi connectivity index (χ4n) is 0.303. The molecule has 0 aliphatic heterocycles. The van der Waals surface area contributed by atoms with E-state index in [-0.39, 0.29) is 12.7 Å². The molecule has 0 saturated carbocycles. The SMILES string of the molecule is C#CCOC(=O)NOC(C)C. The van der Waals surface area contributed by atoms with Gasteiger partial charge in [-0.25, -0.2) is 4.79 Å². The molecule has 0 rings (SSSR count). The molecule has 0 radical (unpaired) electrons. The van der Waals surface area contributed by atoms with E-state index in [9.17, 15) is 4.79 Å². The third-order valence-corrected chi connectivity index (χ3v) is 0.665. The molecule has 0 aliphatic carbocycles. The van der Waals surface area contributed by atoms with Gasteiger partial charge in [-0.3, -0.25) is 4.84 Å². The number of rotatable bonds is 3. The predicted molar refractivity (Wildman–Crippen MR) is 39.5 cm³/mol. The molecule has 11 heavy (non-hydrogen) atoms. The molecule has 0 bridgehead atoms. The van der Waals surface area contributed by atoms with E-state index in [1.165, 1.54) is 0 Å². The summed E-state index contributed by atoms with van der Waals surface area (Å²) >= 11 is 0. The fourth-order valence-corrected chi connectivity index (χ4v) is 0.303. The molecule has 0 heterocycles. The number of carbonyl (C=O) groups excluding carboxylic acids is 1. The van der Waals surface area contributed by atoms with Crippen molar-refractivity contribution in [3.8, 4) is 12.3 Å². The highest BCUT2D eigenvalue weighted by Gasteiger charge is 2.00. The summed E-state index contributed by atoms with van der Waals surface area (Å²) in [5, 5.41) is 0.